The Labute approximate surface area is 139 Å². The van der Waals surface area contributed by atoms with E-state index >= 15 is 0 Å². The van der Waals surface area contributed by atoms with E-state index in [9.17, 15) is 13.2 Å². The summed E-state index contributed by atoms with van der Waals surface area (Å²) in [5.74, 6) is -0.810. The number of hydrogen-bond acceptors (Lipinski definition) is 6. The third-order valence-corrected chi connectivity index (χ3v) is 4.68. The molecule has 1 heterocycles. The first-order valence-electron chi connectivity index (χ1n) is 7.11. The second-order valence-electron chi connectivity index (χ2n) is 5.44. The van der Waals surface area contributed by atoms with Gasteiger partial charge in [-0.15, -0.1) is 0 Å². The zero-order valence-electron chi connectivity index (χ0n) is 13.7. The molecule has 8 nitrogen and oxygen atoms in total. The second-order valence-corrected chi connectivity index (χ2v) is 7.06. The Morgan fingerprint density at radius 3 is 2.50 bits per heavy atom. The van der Waals surface area contributed by atoms with Crippen LogP contribution in [0.15, 0.2) is 27.6 Å². The number of aromatic nitrogens is 1. The van der Waals surface area contributed by atoms with E-state index in [1.165, 1.54) is 32.0 Å². The van der Waals surface area contributed by atoms with Crippen LogP contribution in [-0.2, 0) is 10.0 Å². The minimum atomic E-state index is -4.01. The molecule has 9 heteroatoms. The predicted molar refractivity (Wildman–Crippen MR) is 86.0 cm³/mol. The lowest BCUT2D eigenvalue weighted by Crippen LogP contribution is -2.17. The van der Waals surface area contributed by atoms with Crippen LogP contribution in [0, 0.1) is 13.8 Å². The molecule has 0 aliphatic carbocycles. The molecule has 0 aliphatic heterocycles. The molecular formula is C15H18N2O6S. The van der Waals surface area contributed by atoms with E-state index in [2.05, 4.69) is 9.88 Å². The van der Waals surface area contributed by atoms with E-state index < -0.39 is 16.0 Å². The molecule has 1 aromatic heterocycles. The maximum Gasteiger partial charge on any atom is 0.335 e. The molecule has 2 rings (SSSR count). The molecular weight excluding hydrogens is 336 g/mol. The summed E-state index contributed by atoms with van der Waals surface area (Å²) in [5.41, 5.74) is 0.173. The highest BCUT2D eigenvalue weighted by molar-refractivity contribution is 7.92. The quantitative estimate of drug-likeness (QED) is 0.818. The number of nitrogens with one attached hydrogen (secondary N) is 1. The Balaban J connectivity index is 2.50. The van der Waals surface area contributed by atoms with Crippen LogP contribution in [0.5, 0.6) is 5.75 Å². The minimum Gasteiger partial charge on any atom is -0.489 e. The first-order valence-corrected chi connectivity index (χ1v) is 8.60. The summed E-state index contributed by atoms with van der Waals surface area (Å²) in [6.07, 6.45) is -0.219. The van der Waals surface area contributed by atoms with E-state index in [1.807, 2.05) is 0 Å². The number of ether oxygens (including phenoxy) is 1. The molecule has 2 aromatic rings. The van der Waals surface area contributed by atoms with E-state index in [4.69, 9.17) is 14.4 Å². The summed E-state index contributed by atoms with van der Waals surface area (Å²) >= 11 is 0. The number of anilines is 1. The average Bonchev–Trinajstić information content (AvgIpc) is 2.79. The van der Waals surface area contributed by atoms with Crippen LogP contribution in [0.1, 0.15) is 35.7 Å². The van der Waals surface area contributed by atoms with Crippen molar-refractivity contribution in [3.63, 3.8) is 0 Å². The van der Waals surface area contributed by atoms with Crippen LogP contribution in [0.25, 0.3) is 0 Å². The van der Waals surface area contributed by atoms with Crippen LogP contribution in [0.3, 0.4) is 0 Å². The molecule has 0 fully saturated rings. The van der Waals surface area contributed by atoms with Crippen molar-refractivity contribution < 1.29 is 27.6 Å². The van der Waals surface area contributed by atoms with Gasteiger partial charge in [-0.25, -0.2) is 13.2 Å². The number of hydrogen-bond donors (Lipinski definition) is 2. The molecule has 0 aliphatic rings. The van der Waals surface area contributed by atoms with E-state index in [1.54, 1.807) is 13.8 Å². The third-order valence-electron chi connectivity index (χ3n) is 3.07. The largest absolute Gasteiger partial charge is 0.489 e. The first-order chi connectivity index (χ1) is 11.1. The molecule has 0 amide bonds. The normalized spacial score (nSPS) is 11.5. The maximum atomic E-state index is 12.6. The van der Waals surface area contributed by atoms with Crippen molar-refractivity contribution in [1.29, 1.82) is 0 Å². The van der Waals surface area contributed by atoms with Gasteiger partial charge in [0.05, 0.1) is 17.4 Å². The van der Waals surface area contributed by atoms with Gasteiger partial charge in [0.25, 0.3) is 10.0 Å². The molecule has 130 valence electrons. The highest BCUT2D eigenvalue weighted by Crippen LogP contribution is 2.30. The molecule has 24 heavy (non-hydrogen) atoms. The van der Waals surface area contributed by atoms with Crippen molar-refractivity contribution in [2.45, 2.75) is 38.7 Å². The smallest absolute Gasteiger partial charge is 0.335 e. The van der Waals surface area contributed by atoms with E-state index in [0.29, 0.717) is 0 Å². The van der Waals surface area contributed by atoms with Gasteiger partial charge in [-0.3, -0.25) is 4.72 Å². The Morgan fingerprint density at radius 2 is 2.00 bits per heavy atom. The molecule has 0 bridgehead atoms. The van der Waals surface area contributed by atoms with Gasteiger partial charge in [0.1, 0.15) is 11.4 Å². The molecule has 0 unspecified atom stereocenters. The van der Waals surface area contributed by atoms with Crippen molar-refractivity contribution in [3.05, 3.63) is 35.2 Å². The molecule has 2 N–H and O–H groups in total. The number of carboxylic acids is 1. The fraction of sp³-hybridized carbons (Fsp3) is 0.333. The fourth-order valence-corrected chi connectivity index (χ4v) is 3.55. The van der Waals surface area contributed by atoms with Gasteiger partial charge < -0.3 is 14.4 Å². The summed E-state index contributed by atoms with van der Waals surface area (Å²) in [4.78, 5) is 11.1. The second kappa shape index (κ2) is 6.52. The summed E-state index contributed by atoms with van der Waals surface area (Å²) in [5, 5.41) is 12.7. The molecule has 0 spiro atoms. The highest BCUT2D eigenvalue weighted by Gasteiger charge is 2.26. The zero-order chi connectivity index (χ0) is 18.1. The number of aryl methyl sites for hydroxylation is 2. The van der Waals surface area contributed by atoms with Crippen LogP contribution in [0.2, 0.25) is 0 Å². The Bertz CT molecular complexity index is 851. The molecule has 0 saturated carbocycles. The molecule has 0 radical (unpaired) electrons. The summed E-state index contributed by atoms with van der Waals surface area (Å²) < 4.78 is 38.0. The number of nitrogens with zero attached hydrogens (tertiary/aromatic N) is 1. The van der Waals surface area contributed by atoms with Crippen LogP contribution in [0.4, 0.5) is 5.69 Å². The Hall–Kier alpha value is -2.55. The number of sulfonamides is 1. The Morgan fingerprint density at radius 1 is 1.33 bits per heavy atom. The van der Waals surface area contributed by atoms with E-state index in [0.717, 1.165) is 0 Å². The van der Waals surface area contributed by atoms with Crippen molar-refractivity contribution in [3.8, 4) is 5.75 Å². The monoisotopic (exact) mass is 354 g/mol. The molecule has 0 atom stereocenters. The van der Waals surface area contributed by atoms with E-state index in [-0.39, 0.29) is 39.5 Å². The summed E-state index contributed by atoms with van der Waals surface area (Å²) in [6.45, 7) is 6.54. The number of carbonyl (C=O) groups is 1. The minimum absolute atomic E-state index is 0.0311. The number of benzene rings is 1. The number of aromatic carboxylic acids is 1. The zero-order valence-corrected chi connectivity index (χ0v) is 14.5. The Kier molecular flexibility index (Phi) is 4.83. The first kappa shape index (κ1) is 17.8. The lowest BCUT2D eigenvalue weighted by atomic mass is 10.2. The standard InChI is InChI=1S/C15H18N2O6S/c1-8(2)22-13-6-5-11(15(18)19)7-12(13)17-24(20,21)14-9(3)16-23-10(14)4/h5-8,17H,1-4H3,(H,18,19). The summed E-state index contributed by atoms with van der Waals surface area (Å²) in [6, 6.07) is 3.96. The van der Waals surface area contributed by atoms with Gasteiger partial charge in [-0.2, -0.15) is 0 Å². The predicted octanol–water partition coefficient (Wildman–Crippen LogP) is 2.58. The van der Waals surface area contributed by atoms with Crippen LogP contribution in [-0.4, -0.2) is 30.8 Å². The number of rotatable bonds is 6. The van der Waals surface area contributed by atoms with Gasteiger partial charge in [-0.05, 0) is 45.9 Å². The van der Waals surface area contributed by atoms with Crippen molar-refractivity contribution in [1.82, 2.24) is 5.16 Å². The van der Waals surface area contributed by atoms with Crippen LogP contribution >= 0.6 is 0 Å². The van der Waals surface area contributed by atoms with Gasteiger partial charge in [-0.1, -0.05) is 5.16 Å². The van der Waals surface area contributed by atoms with Gasteiger partial charge in [0.15, 0.2) is 10.7 Å². The lowest BCUT2D eigenvalue weighted by Gasteiger charge is -2.16. The maximum absolute atomic E-state index is 12.6. The van der Waals surface area contributed by atoms with Crippen LogP contribution < -0.4 is 9.46 Å². The highest BCUT2D eigenvalue weighted by atomic mass is 32.2. The SMILES string of the molecule is Cc1noc(C)c1S(=O)(=O)Nc1cc(C(=O)O)ccc1OC(C)C. The topological polar surface area (TPSA) is 119 Å². The van der Waals surface area contributed by atoms with Crippen molar-refractivity contribution in [2.24, 2.45) is 0 Å². The van der Waals surface area contributed by atoms with Gasteiger partial charge in [0, 0.05) is 0 Å². The van der Waals surface area contributed by atoms with Gasteiger partial charge in [0.2, 0.25) is 0 Å². The lowest BCUT2D eigenvalue weighted by molar-refractivity contribution is 0.0697. The molecule has 0 saturated heterocycles. The average molecular weight is 354 g/mol. The van der Waals surface area contributed by atoms with Gasteiger partial charge >= 0.3 is 5.97 Å². The third kappa shape index (κ3) is 3.67. The summed E-state index contributed by atoms with van der Waals surface area (Å²) in [7, 11) is -4.01. The van der Waals surface area contributed by atoms with Crippen molar-refractivity contribution >= 4 is 21.7 Å². The number of carboxylic acid groups (broad SMARTS) is 1. The molecule has 1 aromatic carbocycles. The fourth-order valence-electron chi connectivity index (χ4n) is 2.15. The van der Waals surface area contributed by atoms with Crippen molar-refractivity contribution in [2.75, 3.05) is 4.72 Å².